The summed E-state index contributed by atoms with van der Waals surface area (Å²) < 4.78 is 0. The average molecular weight is 427 g/mol. The maximum absolute atomic E-state index is 12.3. The molecule has 0 spiro atoms. The Balaban J connectivity index is 1.48. The summed E-state index contributed by atoms with van der Waals surface area (Å²) in [6, 6.07) is 9.96. The number of phenolic OH excluding ortho intramolecular Hbond substituents is 1. The van der Waals surface area contributed by atoms with Crippen LogP contribution in [0.15, 0.2) is 47.6 Å². The van der Waals surface area contributed by atoms with Gasteiger partial charge in [0.15, 0.2) is 0 Å². The molecule has 0 bridgehead atoms. The molecule has 0 aliphatic carbocycles. The molecule has 0 aromatic heterocycles. The van der Waals surface area contributed by atoms with Gasteiger partial charge in [0, 0.05) is 42.3 Å². The molecule has 0 unspecified atom stereocenters. The van der Waals surface area contributed by atoms with Crippen molar-refractivity contribution in [2.24, 2.45) is 11.0 Å². The lowest BCUT2D eigenvalue weighted by Gasteiger charge is -2.30. The molecule has 2 aromatic rings. The maximum atomic E-state index is 12.3. The summed E-state index contributed by atoms with van der Waals surface area (Å²) in [5.74, 6) is -0.650. The fourth-order valence-electron chi connectivity index (χ4n) is 3.35. The Hall–Kier alpha value is -3.86. The van der Waals surface area contributed by atoms with E-state index in [0.29, 0.717) is 32.5 Å². The first-order valence-electron chi connectivity index (χ1n) is 9.59. The van der Waals surface area contributed by atoms with Crippen LogP contribution in [0.4, 0.5) is 11.4 Å². The number of nitro benzene ring substituents is 2. The number of carbonyl (C=O) groups excluding carboxylic acids is 1. The van der Waals surface area contributed by atoms with E-state index in [1.54, 1.807) is 12.1 Å². The van der Waals surface area contributed by atoms with E-state index in [0.717, 1.165) is 5.56 Å². The van der Waals surface area contributed by atoms with Gasteiger partial charge in [-0.2, -0.15) is 5.10 Å². The normalized spacial score (nSPS) is 15.1. The van der Waals surface area contributed by atoms with Crippen LogP contribution in [-0.2, 0) is 11.3 Å². The molecular weight excluding hydrogens is 406 g/mol. The van der Waals surface area contributed by atoms with Crippen LogP contribution in [0.5, 0.6) is 5.75 Å². The Morgan fingerprint density at radius 2 is 1.71 bits per heavy atom. The zero-order valence-electron chi connectivity index (χ0n) is 16.5. The first kappa shape index (κ1) is 21.8. The summed E-state index contributed by atoms with van der Waals surface area (Å²) in [7, 11) is 0. The molecule has 11 nitrogen and oxygen atoms in total. The van der Waals surface area contributed by atoms with Gasteiger partial charge < -0.3 is 5.11 Å². The van der Waals surface area contributed by atoms with E-state index in [4.69, 9.17) is 0 Å². The van der Waals surface area contributed by atoms with Gasteiger partial charge in [0.25, 0.3) is 11.4 Å². The highest BCUT2D eigenvalue weighted by molar-refractivity contribution is 5.86. The molecule has 1 aliphatic heterocycles. The molecule has 2 aromatic carbocycles. The summed E-state index contributed by atoms with van der Waals surface area (Å²) >= 11 is 0. The Bertz CT molecular complexity index is 1000. The van der Waals surface area contributed by atoms with E-state index in [9.17, 15) is 30.1 Å². The number of hydrogen-bond donors (Lipinski definition) is 2. The highest BCUT2D eigenvalue weighted by Gasteiger charge is 2.25. The van der Waals surface area contributed by atoms with Crippen molar-refractivity contribution < 1.29 is 19.7 Å². The van der Waals surface area contributed by atoms with Crippen LogP contribution in [0.1, 0.15) is 24.0 Å². The Labute approximate surface area is 177 Å². The minimum Gasteiger partial charge on any atom is -0.507 e. The fraction of sp³-hybridized carbons (Fsp3) is 0.300. The number of nitrogens with zero attached hydrogens (tertiary/aromatic N) is 4. The van der Waals surface area contributed by atoms with E-state index in [-0.39, 0.29) is 34.5 Å². The summed E-state index contributed by atoms with van der Waals surface area (Å²) in [6.45, 7) is 2.05. The molecule has 2 N–H and O–H groups in total. The lowest BCUT2D eigenvalue weighted by molar-refractivity contribution is -0.385. The summed E-state index contributed by atoms with van der Waals surface area (Å²) in [5, 5.41) is 35.1. The molecule has 31 heavy (non-hydrogen) atoms. The van der Waals surface area contributed by atoms with Crippen LogP contribution >= 0.6 is 0 Å². The van der Waals surface area contributed by atoms with Crippen molar-refractivity contribution in [2.75, 3.05) is 13.1 Å². The number of likely N-dealkylation sites (tertiary alicyclic amines) is 1. The predicted octanol–water partition coefficient (Wildman–Crippen LogP) is 2.57. The van der Waals surface area contributed by atoms with Crippen molar-refractivity contribution in [3.8, 4) is 5.75 Å². The van der Waals surface area contributed by atoms with Crippen LogP contribution in [-0.4, -0.2) is 45.1 Å². The minimum absolute atomic E-state index is 0.0538. The van der Waals surface area contributed by atoms with Crippen LogP contribution in [0.3, 0.4) is 0 Å². The number of nitro groups is 2. The van der Waals surface area contributed by atoms with Crippen molar-refractivity contribution in [1.82, 2.24) is 10.3 Å². The van der Waals surface area contributed by atoms with Crippen molar-refractivity contribution in [3.05, 3.63) is 73.8 Å². The van der Waals surface area contributed by atoms with Gasteiger partial charge in [-0.15, -0.1) is 0 Å². The first-order chi connectivity index (χ1) is 14.8. The number of benzene rings is 2. The molecule has 0 radical (unpaired) electrons. The van der Waals surface area contributed by atoms with Gasteiger partial charge in [-0.3, -0.25) is 29.9 Å². The van der Waals surface area contributed by atoms with E-state index in [1.807, 2.05) is 0 Å². The summed E-state index contributed by atoms with van der Waals surface area (Å²) in [5.41, 5.74) is 3.39. The first-order valence-corrected chi connectivity index (χ1v) is 9.59. The van der Waals surface area contributed by atoms with Crippen LogP contribution in [0, 0.1) is 26.1 Å². The van der Waals surface area contributed by atoms with E-state index in [2.05, 4.69) is 15.4 Å². The third kappa shape index (κ3) is 5.82. The average Bonchev–Trinajstić information content (AvgIpc) is 2.75. The number of phenols is 1. The second kappa shape index (κ2) is 9.76. The largest absolute Gasteiger partial charge is 0.507 e. The molecule has 0 atom stereocenters. The van der Waals surface area contributed by atoms with Gasteiger partial charge in [-0.05, 0) is 37.6 Å². The minimum atomic E-state index is -0.584. The number of non-ortho nitro benzene ring substituents is 2. The third-order valence-corrected chi connectivity index (χ3v) is 5.11. The number of amides is 1. The monoisotopic (exact) mass is 427 g/mol. The topological polar surface area (TPSA) is 151 Å². The van der Waals surface area contributed by atoms with Crippen LogP contribution in [0.25, 0.3) is 0 Å². The molecule has 11 heteroatoms. The van der Waals surface area contributed by atoms with Gasteiger partial charge in [0.05, 0.1) is 16.1 Å². The van der Waals surface area contributed by atoms with Gasteiger partial charge in [-0.25, -0.2) is 5.43 Å². The number of hydrazone groups is 1. The van der Waals surface area contributed by atoms with Gasteiger partial charge in [0.1, 0.15) is 5.75 Å². The number of rotatable bonds is 7. The SMILES string of the molecule is O=C(N/N=C\c1cc([N+](=O)[O-])ccc1O)C1CCN(Cc2ccc([N+](=O)[O-])cc2)CC1. The molecule has 1 amide bonds. The standard InChI is InChI=1S/C20H21N5O6/c26-19-6-5-18(25(30)31)11-16(19)12-21-22-20(27)15-7-9-23(10-8-15)13-14-1-3-17(4-2-14)24(28)29/h1-6,11-12,15,26H,7-10,13H2,(H,22,27)/b21-12-. The quantitative estimate of drug-likeness (QED) is 0.391. The number of carbonyl (C=O) groups is 1. The lowest BCUT2D eigenvalue weighted by atomic mass is 9.96. The Kier molecular flexibility index (Phi) is 6.88. The summed E-state index contributed by atoms with van der Waals surface area (Å²) in [4.78, 5) is 35.0. The molecular formula is C20H21N5O6. The van der Waals surface area contributed by atoms with Crippen LogP contribution in [0.2, 0.25) is 0 Å². The van der Waals surface area contributed by atoms with Crippen molar-refractivity contribution in [3.63, 3.8) is 0 Å². The zero-order chi connectivity index (χ0) is 22.4. The fourth-order valence-corrected chi connectivity index (χ4v) is 3.35. The third-order valence-electron chi connectivity index (χ3n) is 5.11. The van der Waals surface area contributed by atoms with Gasteiger partial charge >= 0.3 is 0 Å². The van der Waals surface area contributed by atoms with Crippen molar-refractivity contribution in [1.29, 1.82) is 0 Å². The highest BCUT2D eigenvalue weighted by Crippen LogP contribution is 2.22. The number of aromatic hydroxyl groups is 1. The molecule has 1 fully saturated rings. The van der Waals surface area contributed by atoms with Crippen molar-refractivity contribution >= 4 is 23.5 Å². The van der Waals surface area contributed by atoms with E-state index < -0.39 is 9.85 Å². The van der Waals surface area contributed by atoms with Gasteiger partial charge in [-0.1, -0.05) is 12.1 Å². The predicted molar refractivity (Wildman–Crippen MR) is 112 cm³/mol. The molecule has 1 saturated heterocycles. The number of hydrogen-bond acceptors (Lipinski definition) is 8. The van der Waals surface area contributed by atoms with E-state index >= 15 is 0 Å². The Morgan fingerprint density at radius 3 is 2.32 bits per heavy atom. The molecule has 3 rings (SSSR count). The van der Waals surface area contributed by atoms with E-state index in [1.165, 1.54) is 36.5 Å². The number of piperidine rings is 1. The molecule has 162 valence electrons. The summed E-state index contributed by atoms with van der Waals surface area (Å²) in [6.07, 6.45) is 2.44. The highest BCUT2D eigenvalue weighted by atomic mass is 16.6. The number of nitrogens with one attached hydrogen (secondary N) is 1. The van der Waals surface area contributed by atoms with Crippen molar-refractivity contribution in [2.45, 2.75) is 19.4 Å². The smallest absolute Gasteiger partial charge is 0.270 e. The Morgan fingerprint density at radius 1 is 1.10 bits per heavy atom. The second-order valence-electron chi connectivity index (χ2n) is 7.21. The van der Waals surface area contributed by atoms with Crippen LogP contribution < -0.4 is 5.43 Å². The van der Waals surface area contributed by atoms with Gasteiger partial charge in [0.2, 0.25) is 5.91 Å². The second-order valence-corrected chi connectivity index (χ2v) is 7.21. The molecule has 1 heterocycles. The lowest BCUT2D eigenvalue weighted by Crippen LogP contribution is -2.39. The maximum Gasteiger partial charge on any atom is 0.270 e. The zero-order valence-corrected chi connectivity index (χ0v) is 16.5. The molecule has 1 aliphatic rings. The molecule has 0 saturated carbocycles.